The Morgan fingerprint density at radius 1 is 1.65 bits per heavy atom. The van der Waals surface area contributed by atoms with Gasteiger partial charge in [0.2, 0.25) is 5.91 Å². The fourth-order valence-corrected chi connectivity index (χ4v) is 1.28. The highest BCUT2D eigenvalue weighted by molar-refractivity contribution is 5.81. The molecule has 1 aromatic rings. The molecule has 6 heteroatoms. The lowest BCUT2D eigenvalue weighted by molar-refractivity contribution is -0.123. The molecular formula is C11H15FN2O3. The zero-order chi connectivity index (χ0) is 12.8. The Kier molecular flexibility index (Phi) is 4.86. The molecule has 94 valence electrons. The first-order chi connectivity index (χ1) is 8.08. The van der Waals surface area contributed by atoms with Gasteiger partial charge in [0.25, 0.3) is 0 Å². The predicted octanol–water partition coefficient (Wildman–Crippen LogP) is -0.230. The molecule has 0 bridgehead atoms. The third-order valence-electron chi connectivity index (χ3n) is 2.23. The molecule has 1 rings (SSSR count). The summed E-state index contributed by atoms with van der Waals surface area (Å²) in [5.41, 5.74) is 5.82. The molecule has 0 aliphatic rings. The first-order valence-electron chi connectivity index (χ1n) is 5.05. The van der Waals surface area contributed by atoms with Crippen LogP contribution in [0.5, 0.6) is 5.75 Å². The van der Waals surface area contributed by atoms with E-state index in [0.717, 1.165) is 0 Å². The van der Waals surface area contributed by atoms with Crippen LogP contribution in [0.3, 0.4) is 0 Å². The minimum atomic E-state index is -0.977. The van der Waals surface area contributed by atoms with Crippen LogP contribution in [0.25, 0.3) is 0 Å². The molecule has 0 radical (unpaired) electrons. The lowest BCUT2D eigenvalue weighted by Gasteiger charge is -2.12. The van der Waals surface area contributed by atoms with E-state index in [-0.39, 0.29) is 6.54 Å². The zero-order valence-corrected chi connectivity index (χ0v) is 9.44. The van der Waals surface area contributed by atoms with Crippen LogP contribution in [-0.4, -0.2) is 30.8 Å². The van der Waals surface area contributed by atoms with Crippen molar-refractivity contribution < 1.29 is 19.0 Å². The lowest BCUT2D eigenvalue weighted by atomic mass is 10.2. The van der Waals surface area contributed by atoms with Gasteiger partial charge < -0.3 is 20.9 Å². The van der Waals surface area contributed by atoms with Gasteiger partial charge in [-0.3, -0.25) is 4.79 Å². The molecule has 0 saturated heterocycles. The average Bonchev–Trinajstić information content (AvgIpc) is 2.35. The minimum Gasteiger partial charge on any atom is -0.496 e. The summed E-state index contributed by atoms with van der Waals surface area (Å²) >= 11 is 0. The predicted molar refractivity (Wildman–Crippen MR) is 59.9 cm³/mol. The second-order valence-corrected chi connectivity index (χ2v) is 3.46. The van der Waals surface area contributed by atoms with Gasteiger partial charge in [0.1, 0.15) is 17.6 Å². The molecule has 0 heterocycles. The van der Waals surface area contributed by atoms with Gasteiger partial charge in [-0.2, -0.15) is 0 Å². The second kappa shape index (κ2) is 6.17. The van der Waals surface area contributed by atoms with E-state index in [0.29, 0.717) is 11.3 Å². The van der Waals surface area contributed by atoms with Crippen molar-refractivity contribution in [3.63, 3.8) is 0 Å². The summed E-state index contributed by atoms with van der Waals surface area (Å²) in [6, 6.07) is 3.03. The molecule has 1 aromatic carbocycles. The van der Waals surface area contributed by atoms with Gasteiger partial charge >= 0.3 is 0 Å². The van der Waals surface area contributed by atoms with E-state index >= 15 is 0 Å². The number of carbonyl (C=O) groups excluding carboxylic acids is 1. The number of ether oxygens (including phenoxy) is 1. The van der Waals surface area contributed by atoms with Gasteiger partial charge in [0.05, 0.1) is 13.7 Å². The van der Waals surface area contributed by atoms with Crippen LogP contribution in [0, 0.1) is 5.82 Å². The Morgan fingerprint density at radius 3 is 2.94 bits per heavy atom. The van der Waals surface area contributed by atoms with E-state index in [1.54, 1.807) is 0 Å². The number of rotatable bonds is 5. The Morgan fingerprint density at radius 2 is 2.35 bits per heavy atom. The highest BCUT2D eigenvalue weighted by atomic mass is 19.1. The molecule has 0 fully saturated rings. The van der Waals surface area contributed by atoms with Gasteiger partial charge in [-0.25, -0.2) is 4.39 Å². The molecular weight excluding hydrogens is 227 g/mol. The van der Waals surface area contributed by atoms with E-state index in [1.807, 2.05) is 0 Å². The zero-order valence-electron chi connectivity index (χ0n) is 9.44. The summed E-state index contributed by atoms with van der Waals surface area (Å²) in [5, 5.41) is 11.2. The Labute approximate surface area is 98.4 Å². The summed E-state index contributed by atoms with van der Waals surface area (Å²) in [4.78, 5) is 11.3. The maximum Gasteiger partial charge on any atom is 0.239 e. The van der Waals surface area contributed by atoms with Crippen LogP contribution in [0.15, 0.2) is 18.2 Å². The van der Waals surface area contributed by atoms with Crippen LogP contribution in [0.1, 0.15) is 5.56 Å². The maximum atomic E-state index is 13.0. The number of aliphatic hydroxyl groups excluding tert-OH is 1. The van der Waals surface area contributed by atoms with E-state index in [1.165, 1.54) is 25.3 Å². The van der Waals surface area contributed by atoms with Crippen LogP contribution >= 0.6 is 0 Å². The number of hydrogen-bond donors (Lipinski definition) is 3. The van der Waals surface area contributed by atoms with Crippen LogP contribution < -0.4 is 15.8 Å². The van der Waals surface area contributed by atoms with Crippen molar-refractivity contribution >= 4 is 5.91 Å². The van der Waals surface area contributed by atoms with Crippen molar-refractivity contribution in [3.8, 4) is 5.75 Å². The average molecular weight is 242 g/mol. The second-order valence-electron chi connectivity index (χ2n) is 3.46. The van der Waals surface area contributed by atoms with Crippen molar-refractivity contribution in [2.24, 2.45) is 5.73 Å². The molecule has 0 spiro atoms. The van der Waals surface area contributed by atoms with E-state index < -0.39 is 24.4 Å². The quantitative estimate of drug-likeness (QED) is 0.666. The van der Waals surface area contributed by atoms with Crippen LogP contribution in [-0.2, 0) is 11.3 Å². The maximum absolute atomic E-state index is 13.0. The summed E-state index contributed by atoms with van der Waals surface area (Å²) in [6.07, 6.45) is 0. The number of amides is 1. The number of halogens is 1. The first kappa shape index (κ1) is 13.4. The normalized spacial score (nSPS) is 12.0. The monoisotopic (exact) mass is 242 g/mol. The van der Waals surface area contributed by atoms with E-state index in [4.69, 9.17) is 15.6 Å². The minimum absolute atomic E-state index is 0.0907. The summed E-state index contributed by atoms with van der Waals surface area (Å²) in [7, 11) is 1.46. The molecule has 1 unspecified atom stereocenters. The number of hydrogen-bond acceptors (Lipinski definition) is 4. The molecule has 17 heavy (non-hydrogen) atoms. The number of aliphatic hydroxyl groups is 1. The number of methoxy groups -OCH3 is 1. The number of nitrogens with two attached hydrogens (primary N) is 1. The first-order valence-corrected chi connectivity index (χ1v) is 5.05. The molecule has 4 N–H and O–H groups in total. The molecule has 1 atom stereocenters. The van der Waals surface area contributed by atoms with Crippen molar-refractivity contribution in [3.05, 3.63) is 29.6 Å². The molecule has 0 aliphatic heterocycles. The largest absolute Gasteiger partial charge is 0.496 e. The highest BCUT2D eigenvalue weighted by Gasteiger charge is 2.12. The molecule has 0 aliphatic carbocycles. The molecule has 1 amide bonds. The van der Waals surface area contributed by atoms with Gasteiger partial charge in [0.15, 0.2) is 0 Å². The van der Waals surface area contributed by atoms with E-state index in [2.05, 4.69) is 5.32 Å². The smallest absolute Gasteiger partial charge is 0.239 e. The van der Waals surface area contributed by atoms with Crippen molar-refractivity contribution in [2.75, 3.05) is 13.7 Å². The van der Waals surface area contributed by atoms with Gasteiger partial charge in [-0.15, -0.1) is 0 Å². The van der Waals surface area contributed by atoms with Gasteiger partial charge in [-0.05, 0) is 18.2 Å². The fraction of sp³-hybridized carbons (Fsp3) is 0.364. The van der Waals surface area contributed by atoms with Crippen LogP contribution in [0.2, 0.25) is 0 Å². The number of benzene rings is 1. The summed E-state index contributed by atoms with van der Waals surface area (Å²) < 4.78 is 18.0. The molecule has 0 saturated carbocycles. The van der Waals surface area contributed by atoms with Crippen LogP contribution in [0.4, 0.5) is 4.39 Å². The van der Waals surface area contributed by atoms with Gasteiger partial charge in [-0.1, -0.05) is 0 Å². The Hall–Kier alpha value is -1.66. The lowest BCUT2D eigenvalue weighted by Crippen LogP contribution is -2.42. The Bertz CT molecular complexity index is 398. The third-order valence-corrected chi connectivity index (χ3v) is 2.23. The summed E-state index contributed by atoms with van der Waals surface area (Å²) in [5.74, 6) is -0.440. The van der Waals surface area contributed by atoms with Crippen molar-refractivity contribution in [1.82, 2.24) is 5.32 Å². The highest BCUT2D eigenvalue weighted by Crippen LogP contribution is 2.18. The summed E-state index contributed by atoms with van der Waals surface area (Å²) in [6.45, 7) is -0.348. The molecule has 5 nitrogen and oxygen atoms in total. The topological polar surface area (TPSA) is 84.6 Å². The number of carbonyl (C=O) groups is 1. The van der Waals surface area contributed by atoms with Gasteiger partial charge in [0, 0.05) is 12.1 Å². The van der Waals surface area contributed by atoms with Crippen molar-refractivity contribution in [2.45, 2.75) is 12.6 Å². The fourth-order valence-electron chi connectivity index (χ4n) is 1.28. The SMILES string of the molecule is COc1ccc(F)cc1CNC(=O)C(N)CO. The number of nitrogens with one attached hydrogen (secondary N) is 1. The molecule has 0 aromatic heterocycles. The standard InChI is InChI=1S/C11H15FN2O3/c1-17-10-3-2-8(12)4-7(10)5-14-11(16)9(13)6-15/h2-4,9,15H,5-6,13H2,1H3,(H,14,16). The Balaban J connectivity index is 2.68. The third kappa shape index (κ3) is 3.69. The van der Waals surface area contributed by atoms with E-state index in [9.17, 15) is 9.18 Å². The van der Waals surface area contributed by atoms with Crippen molar-refractivity contribution in [1.29, 1.82) is 0 Å².